The van der Waals surface area contributed by atoms with Gasteiger partial charge in [-0.25, -0.2) is 0 Å². The van der Waals surface area contributed by atoms with E-state index in [1.54, 1.807) is 0 Å². The summed E-state index contributed by atoms with van der Waals surface area (Å²) in [6.45, 7) is 10.8. The lowest BCUT2D eigenvalue weighted by Crippen LogP contribution is -2.38. The van der Waals surface area contributed by atoms with Gasteiger partial charge in [0.05, 0.1) is 6.61 Å². The quantitative estimate of drug-likeness (QED) is 0.645. The number of likely N-dealkylation sites (tertiary alicyclic amines) is 1. The maximum atomic E-state index is 11.5. The van der Waals surface area contributed by atoms with Crippen molar-refractivity contribution in [2.45, 2.75) is 33.7 Å². The zero-order valence-corrected chi connectivity index (χ0v) is 9.62. The highest BCUT2D eigenvalue weighted by Gasteiger charge is 2.32. The minimum atomic E-state index is -0.0891. The van der Waals surface area contributed by atoms with Gasteiger partial charge in [0.15, 0.2) is 0 Å². The molecule has 82 valence electrons. The molecule has 3 nitrogen and oxygen atoms in total. The van der Waals surface area contributed by atoms with Gasteiger partial charge in [0.25, 0.3) is 0 Å². The fourth-order valence-corrected chi connectivity index (χ4v) is 1.90. The number of hydrogen-bond donors (Lipinski definition) is 0. The summed E-state index contributed by atoms with van der Waals surface area (Å²) in [5.41, 5.74) is 0. The molecule has 0 aromatic heterocycles. The highest BCUT2D eigenvalue weighted by molar-refractivity contribution is 5.75. The van der Waals surface area contributed by atoms with Crippen molar-refractivity contribution in [1.82, 2.24) is 4.90 Å². The highest BCUT2D eigenvalue weighted by Crippen LogP contribution is 2.24. The van der Waals surface area contributed by atoms with Gasteiger partial charge < -0.3 is 4.74 Å². The Hall–Kier alpha value is -0.570. The summed E-state index contributed by atoms with van der Waals surface area (Å²) in [7, 11) is 0. The zero-order valence-electron chi connectivity index (χ0n) is 9.62. The van der Waals surface area contributed by atoms with Crippen molar-refractivity contribution in [2.75, 3.05) is 19.7 Å². The molecule has 0 saturated carbocycles. The number of ether oxygens (including phenoxy) is 1. The molecule has 0 aliphatic carbocycles. The van der Waals surface area contributed by atoms with E-state index in [0.29, 0.717) is 18.4 Å². The molecular formula is C11H21NO2. The van der Waals surface area contributed by atoms with Gasteiger partial charge in [-0.3, -0.25) is 9.69 Å². The van der Waals surface area contributed by atoms with Crippen LogP contribution in [0.15, 0.2) is 0 Å². The third-order valence-corrected chi connectivity index (χ3v) is 3.19. The molecule has 0 aromatic carbocycles. The lowest BCUT2D eigenvalue weighted by Gasteiger charge is -2.22. The van der Waals surface area contributed by atoms with Crippen LogP contribution in [0.5, 0.6) is 0 Å². The SMILES string of the molecule is CCOC(=O)C(C)N1CC(C)C(C)C1. The average Bonchev–Trinajstić information content (AvgIpc) is 2.46. The van der Waals surface area contributed by atoms with E-state index in [1.165, 1.54) is 0 Å². The van der Waals surface area contributed by atoms with Gasteiger partial charge in [0, 0.05) is 13.1 Å². The summed E-state index contributed by atoms with van der Waals surface area (Å²) in [4.78, 5) is 13.7. The number of nitrogens with zero attached hydrogens (tertiary/aromatic N) is 1. The Labute approximate surface area is 86.4 Å². The van der Waals surface area contributed by atoms with Crippen LogP contribution in [0.3, 0.4) is 0 Å². The molecule has 1 aliphatic rings. The summed E-state index contributed by atoms with van der Waals surface area (Å²) in [5, 5.41) is 0. The Kier molecular flexibility index (Phi) is 3.93. The largest absolute Gasteiger partial charge is 0.465 e. The van der Waals surface area contributed by atoms with Crippen LogP contribution in [-0.4, -0.2) is 36.6 Å². The predicted octanol–water partition coefficient (Wildman–Crippen LogP) is 1.53. The monoisotopic (exact) mass is 199 g/mol. The van der Waals surface area contributed by atoms with E-state index < -0.39 is 0 Å². The van der Waals surface area contributed by atoms with Crippen LogP contribution in [0.2, 0.25) is 0 Å². The van der Waals surface area contributed by atoms with Gasteiger partial charge in [-0.2, -0.15) is 0 Å². The van der Waals surface area contributed by atoms with Gasteiger partial charge in [-0.1, -0.05) is 13.8 Å². The topological polar surface area (TPSA) is 29.5 Å². The smallest absolute Gasteiger partial charge is 0.323 e. The van der Waals surface area contributed by atoms with Crippen molar-refractivity contribution in [2.24, 2.45) is 11.8 Å². The van der Waals surface area contributed by atoms with Gasteiger partial charge in [-0.15, -0.1) is 0 Å². The molecule has 0 radical (unpaired) electrons. The maximum Gasteiger partial charge on any atom is 0.323 e. The van der Waals surface area contributed by atoms with Gasteiger partial charge in [0.1, 0.15) is 6.04 Å². The Morgan fingerprint density at radius 3 is 2.36 bits per heavy atom. The van der Waals surface area contributed by atoms with Gasteiger partial charge in [-0.05, 0) is 25.7 Å². The highest BCUT2D eigenvalue weighted by atomic mass is 16.5. The molecule has 3 unspecified atom stereocenters. The fourth-order valence-electron chi connectivity index (χ4n) is 1.90. The Balaban J connectivity index is 2.46. The van der Waals surface area contributed by atoms with E-state index in [2.05, 4.69) is 18.7 Å². The molecule has 0 aromatic rings. The van der Waals surface area contributed by atoms with Crippen LogP contribution in [0.4, 0.5) is 0 Å². The molecular weight excluding hydrogens is 178 g/mol. The molecule has 3 heteroatoms. The summed E-state index contributed by atoms with van der Waals surface area (Å²) >= 11 is 0. The Morgan fingerprint density at radius 2 is 1.93 bits per heavy atom. The van der Waals surface area contributed by atoms with Crippen LogP contribution >= 0.6 is 0 Å². The molecule has 0 spiro atoms. The second-order valence-corrected chi connectivity index (χ2v) is 4.34. The molecule has 1 saturated heterocycles. The van der Waals surface area contributed by atoms with Crippen LogP contribution < -0.4 is 0 Å². The second kappa shape index (κ2) is 4.78. The van der Waals surface area contributed by atoms with Crippen LogP contribution in [0, 0.1) is 11.8 Å². The molecule has 0 bridgehead atoms. The predicted molar refractivity (Wildman–Crippen MR) is 56.0 cm³/mol. The third kappa shape index (κ3) is 2.47. The van der Waals surface area contributed by atoms with E-state index in [0.717, 1.165) is 13.1 Å². The Bertz CT molecular complexity index is 195. The van der Waals surface area contributed by atoms with Crippen LogP contribution in [0.25, 0.3) is 0 Å². The van der Waals surface area contributed by atoms with Gasteiger partial charge in [0.2, 0.25) is 0 Å². The maximum absolute atomic E-state index is 11.5. The molecule has 0 amide bonds. The molecule has 1 aliphatic heterocycles. The number of carbonyl (C=O) groups is 1. The van der Waals surface area contributed by atoms with Crippen molar-refractivity contribution in [1.29, 1.82) is 0 Å². The fraction of sp³-hybridized carbons (Fsp3) is 0.909. The first-order valence-electron chi connectivity index (χ1n) is 5.47. The molecule has 1 heterocycles. The standard InChI is InChI=1S/C11H21NO2/c1-5-14-11(13)10(4)12-6-8(2)9(3)7-12/h8-10H,5-7H2,1-4H3. The molecule has 1 rings (SSSR count). The first-order chi connectivity index (χ1) is 6.56. The first-order valence-corrected chi connectivity index (χ1v) is 5.47. The number of rotatable bonds is 3. The van der Waals surface area contributed by atoms with E-state index >= 15 is 0 Å². The van der Waals surface area contributed by atoms with Crippen molar-refractivity contribution < 1.29 is 9.53 Å². The van der Waals surface area contributed by atoms with Crippen LogP contribution in [-0.2, 0) is 9.53 Å². The van der Waals surface area contributed by atoms with E-state index in [4.69, 9.17) is 4.74 Å². The van der Waals surface area contributed by atoms with Crippen molar-refractivity contribution in [3.05, 3.63) is 0 Å². The molecule has 14 heavy (non-hydrogen) atoms. The lowest BCUT2D eigenvalue weighted by molar-refractivity contribution is -0.148. The summed E-state index contributed by atoms with van der Waals surface area (Å²) < 4.78 is 5.01. The third-order valence-electron chi connectivity index (χ3n) is 3.19. The molecule has 0 N–H and O–H groups in total. The molecule has 3 atom stereocenters. The van der Waals surface area contributed by atoms with E-state index in [-0.39, 0.29) is 12.0 Å². The van der Waals surface area contributed by atoms with Crippen molar-refractivity contribution in [3.63, 3.8) is 0 Å². The minimum absolute atomic E-state index is 0.0812. The van der Waals surface area contributed by atoms with Crippen molar-refractivity contribution >= 4 is 5.97 Å². The summed E-state index contributed by atoms with van der Waals surface area (Å²) in [6, 6.07) is -0.0812. The average molecular weight is 199 g/mol. The lowest BCUT2D eigenvalue weighted by atomic mass is 10.0. The second-order valence-electron chi connectivity index (χ2n) is 4.34. The molecule has 1 fully saturated rings. The number of hydrogen-bond acceptors (Lipinski definition) is 3. The minimum Gasteiger partial charge on any atom is -0.465 e. The van der Waals surface area contributed by atoms with Crippen molar-refractivity contribution in [3.8, 4) is 0 Å². The normalized spacial score (nSPS) is 30.3. The number of esters is 1. The van der Waals surface area contributed by atoms with Crippen LogP contribution in [0.1, 0.15) is 27.7 Å². The van der Waals surface area contributed by atoms with E-state index in [9.17, 15) is 4.79 Å². The summed E-state index contributed by atoms with van der Waals surface area (Å²) in [5.74, 6) is 1.28. The summed E-state index contributed by atoms with van der Waals surface area (Å²) in [6.07, 6.45) is 0. The first kappa shape index (κ1) is 11.5. The zero-order chi connectivity index (χ0) is 10.7. The number of carbonyl (C=O) groups excluding carboxylic acids is 1. The van der Waals surface area contributed by atoms with E-state index in [1.807, 2.05) is 13.8 Å². The van der Waals surface area contributed by atoms with Gasteiger partial charge >= 0.3 is 5.97 Å². The Morgan fingerprint density at radius 1 is 1.43 bits per heavy atom.